The third kappa shape index (κ3) is 1.70. The summed E-state index contributed by atoms with van der Waals surface area (Å²) in [4.78, 5) is 12.3. The predicted octanol–water partition coefficient (Wildman–Crippen LogP) is 0.266. The van der Waals surface area contributed by atoms with Crippen LogP contribution in [-0.4, -0.2) is 35.6 Å². The van der Waals surface area contributed by atoms with Crippen molar-refractivity contribution in [3.63, 3.8) is 0 Å². The van der Waals surface area contributed by atoms with Gasteiger partial charge in [-0.05, 0) is 6.92 Å². The SMILES string of the molecule is CNc1ncnc(N)c1C1=NC(C)CO1. The molecule has 0 aliphatic carbocycles. The molecule has 2 rings (SSSR count). The Morgan fingerprint density at radius 1 is 1.53 bits per heavy atom. The molecule has 1 aromatic rings. The largest absolute Gasteiger partial charge is 0.475 e. The summed E-state index contributed by atoms with van der Waals surface area (Å²) >= 11 is 0. The summed E-state index contributed by atoms with van der Waals surface area (Å²) in [6.07, 6.45) is 1.41. The van der Waals surface area contributed by atoms with Gasteiger partial charge in [-0.2, -0.15) is 0 Å². The fourth-order valence-corrected chi connectivity index (χ4v) is 1.41. The van der Waals surface area contributed by atoms with Crippen LogP contribution in [0.2, 0.25) is 0 Å². The van der Waals surface area contributed by atoms with Crippen LogP contribution in [0, 0.1) is 0 Å². The van der Waals surface area contributed by atoms with Gasteiger partial charge in [0.15, 0.2) is 0 Å². The van der Waals surface area contributed by atoms with Crippen LogP contribution in [0.5, 0.6) is 0 Å². The minimum Gasteiger partial charge on any atom is -0.475 e. The van der Waals surface area contributed by atoms with Crippen LogP contribution in [0.1, 0.15) is 12.5 Å². The van der Waals surface area contributed by atoms with E-state index in [1.807, 2.05) is 6.92 Å². The molecule has 15 heavy (non-hydrogen) atoms. The maximum Gasteiger partial charge on any atom is 0.224 e. The minimum atomic E-state index is 0.157. The van der Waals surface area contributed by atoms with Crippen molar-refractivity contribution >= 4 is 17.5 Å². The first-order valence-electron chi connectivity index (χ1n) is 4.71. The molecule has 0 bridgehead atoms. The number of rotatable bonds is 2. The molecular formula is C9H13N5O. The molecule has 0 saturated carbocycles. The van der Waals surface area contributed by atoms with E-state index in [0.29, 0.717) is 29.7 Å². The molecule has 0 amide bonds. The van der Waals surface area contributed by atoms with Gasteiger partial charge in [0, 0.05) is 7.05 Å². The van der Waals surface area contributed by atoms with E-state index < -0.39 is 0 Å². The molecule has 1 aliphatic rings. The van der Waals surface area contributed by atoms with Crippen molar-refractivity contribution in [3.8, 4) is 0 Å². The number of aromatic nitrogens is 2. The Labute approximate surface area is 87.6 Å². The normalized spacial score (nSPS) is 19.6. The van der Waals surface area contributed by atoms with Crippen LogP contribution in [0.15, 0.2) is 11.3 Å². The van der Waals surface area contributed by atoms with E-state index in [0.717, 1.165) is 0 Å². The van der Waals surface area contributed by atoms with Crippen molar-refractivity contribution in [3.05, 3.63) is 11.9 Å². The monoisotopic (exact) mass is 207 g/mol. The van der Waals surface area contributed by atoms with Crippen LogP contribution >= 0.6 is 0 Å². The van der Waals surface area contributed by atoms with Gasteiger partial charge >= 0.3 is 0 Å². The number of ether oxygens (including phenoxy) is 1. The van der Waals surface area contributed by atoms with E-state index in [1.165, 1.54) is 6.33 Å². The number of nitrogen functional groups attached to an aromatic ring is 1. The molecule has 1 aromatic heterocycles. The summed E-state index contributed by atoms with van der Waals surface area (Å²) in [5.41, 5.74) is 6.41. The van der Waals surface area contributed by atoms with Crippen molar-refractivity contribution < 1.29 is 4.74 Å². The van der Waals surface area contributed by atoms with Gasteiger partial charge in [-0.25, -0.2) is 15.0 Å². The third-order valence-electron chi connectivity index (χ3n) is 2.13. The zero-order chi connectivity index (χ0) is 10.8. The molecular weight excluding hydrogens is 194 g/mol. The number of nitrogens with one attached hydrogen (secondary N) is 1. The van der Waals surface area contributed by atoms with E-state index in [2.05, 4.69) is 20.3 Å². The molecule has 0 fully saturated rings. The maximum absolute atomic E-state index is 5.77. The molecule has 2 heterocycles. The summed E-state index contributed by atoms with van der Waals surface area (Å²) in [5.74, 6) is 1.53. The number of aliphatic imine (C=N–C) groups is 1. The highest BCUT2D eigenvalue weighted by atomic mass is 16.5. The van der Waals surface area contributed by atoms with Crippen LogP contribution < -0.4 is 11.1 Å². The van der Waals surface area contributed by atoms with Gasteiger partial charge in [0.2, 0.25) is 5.90 Å². The molecule has 0 spiro atoms. The topological polar surface area (TPSA) is 85.4 Å². The number of nitrogens with zero attached hydrogens (tertiary/aromatic N) is 3. The van der Waals surface area contributed by atoms with E-state index in [-0.39, 0.29) is 6.04 Å². The van der Waals surface area contributed by atoms with Gasteiger partial charge in [0.1, 0.15) is 30.1 Å². The lowest BCUT2D eigenvalue weighted by molar-refractivity contribution is 0.324. The second-order valence-corrected chi connectivity index (χ2v) is 3.33. The average Bonchev–Trinajstić information content (AvgIpc) is 2.64. The summed E-state index contributed by atoms with van der Waals surface area (Å²) in [6.45, 7) is 2.55. The molecule has 80 valence electrons. The van der Waals surface area contributed by atoms with Crippen LogP contribution in [0.4, 0.5) is 11.6 Å². The number of nitrogens with two attached hydrogens (primary N) is 1. The highest BCUT2D eigenvalue weighted by Gasteiger charge is 2.22. The first kappa shape index (κ1) is 9.70. The van der Waals surface area contributed by atoms with Gasteiger partial charge in [-0.15, -0.1) is 0 Å². The van der Waals surface area contributed by atoms with Crippen molar-refractivity contribution in [1.82, 2.24) is 9.97 Å². The lowest BCUT2D eigenvalue weighted by Gasteiger charge is -2.08. The van der Waals surface area contributed by atoms with E-state index >= 15 is 0 Å². The fraction of sp³-hybridized carbons (Fsp3) is 0.444. The molecule has 1 atom stereocenters. The quantitative estimate of drug-likeness (QED) is 0.726. The first-order valence-corrected chi connectivity index (χ1v) is 4.71. The summed E-state index contributed by atoms with van der Waals surface area (Å²) in [6, 6.07) is 0.157. The van der Waals surface area contributed by atoms with E-state index in [9.17, 15) is 0 Å². The van der Waals surface area contributed by atoms with Crippen LogP contribution in [-0.2, 0) is 4.74 Å². The van der Waals surface area contributed by atoms with Crippen molar-refractivity contribution in [2.24, 2.45) is 4.99 Å². The van der Waals surface area contributed by atoms with Crippen LogP contribution in [0.3, 0.4) is 0 Å². The van der Waals surface area contributed by atoms with Crippen molar-refractivity contribution in [2.45, 2.75) is 13.0 Å². The highest BCUT2D eigenvalue weighted by molar-refractivity contribution is 6.03. The molecule has 3 N–H and O–H groups in total. The van der Waals surface area contributed by atoms with Crippen molar-refractivity contribution in [2.75, 3.05) is 24.7 Å². The number of anilines is 2. The second-order valence-electron chi connectivity index (χ2n) is 3.33. The molecule has 1 aliphatic heterocycles. The fourth-order valence-electron chi connectivity index (χ4n) is 1.41. The molecule has 1 unspecified atom stereocenters. The second kappa shape index (κ2) is 3.72. The molecule has 0 aromatic carbocycles. The average molecular weight is 207 g/mol. The van der Waals surface area contributed by atoms with Gasteiger partial charge < -0.3 is 15.8 Å². The first-order chi connectivity index (χ1) is 7.22. The molecule has 0 saturated heterocycles. The highest BCUT2D eigenvalue weighted by Crippen LogP contribution is 2.21. The minimum absolute atomic E-state index is 0.157. The van der Waals surface area contributed by atoms with E-state index in [4.69, 9.17) is 10.5 Å². The predicted molar refractivity (Wildman–Crippen MR) is 57.9 cm³/mol. The van der Waals surface area contributed by atoms with Crippen LogP contribution in [0.25, 0.3) is 0 Å². The Hall–Kier alpha value is -1.85. The number of hydrogen-bond donors (Lipinski definition) is 2. The van der Waals surface area contributed by atoms with Gasteiger partial charge in [-0.3, -0.25) is 0 Å². The Morgan fingerprint density at radius 2 is 2.33 bits per heavy atom. The van der Waals surface area contributed by atoms with Gasteiger partial charge in [-0.1, -0.05) is 0 Å². The third-order valence-corrected chi connectivity index (χ3v) is 2.13. The zero-order valence-corrected chi connectivity index (χ0v) is 8.69. The standard InChI is InChI=1S/C9H13N5O/c1-5-3-15-9(14-5)6-7(10)12-4-13-8(6)11-2/h4-5H,3H2,1-2H3,(H3,10,11,12,13). The summed E-state index contributed by atoms with van der Waals surface area (Å²) in [5, 5.41) is 2.94. The summed E-state index contributed by atoms with van der Waals surface area (Å²) < 4.78 is 5.42. The van der Waals surface area contributed by atoms with Gasteiger partial charge in [0.05, 0.1) is 6.04 Å². The number of hydrogen-bond acceptors (Lipinski definition) is 6. The smallest absolute Gasteiger partial charge is 0.224 e. The molecule has 0 radical (unpaired) electrons. The Bertz CT molecular complexity index is 403. The Balaban J connectivity index is 2.47. The molecule has 6 heteroatoms. The Morgan fingerprint density at radius 3 is 2.93 bits per heavy atom. The Kier molecular flexibility index (Phi) is 2.40. The zero-order valence-electron chi connectivity index (χ0n) is 8.69. The lowest BCUT2D eigenvalue weighted by Crippen LogP contribution is -2.11. The lowest BCUT2D eigenvalue weighted by atomic mass is 10.2. The van der Waals surface area contributed by atoms with Gasteiger partial charge in [0.25, 0.3) is 0 Å². The molecule has 6 nitrogen and oxygen atoms in total. The van der Waals surface area contributed by atoms with Crippen molar-refractivity contribution in [1.29, 1.82) is 0 Å². The maximum atomic E-state index is 5.77. The van der Waals surface area contributed by atoms with E-state index in [1.54, 1.807) is 7.05 Å². The summed E-state index contributed by atoms with van der Waals surface area (Å²) in [7, 11) is 1.77.